The molecule has 9 rings (SSSR count). The van der Waals surface area contributed by atoms with Crippen LogP contribution in [-0.2, 0) is 33.2 Å². The Kier molecular flexibility index (Phi) is 6.32. The summed E-state index contributed by atoms with van der Waals surface area (Å²) in [7, 11) is 1.55. The molecular formula is C30H32O12. The Morgan fingerprint density at radius 1 is 0.881 bits per heavy atom. The lowest BCUT2D eigenvalue weighted by Crippen LogP contribution is -2.81. The predicted molar refractivity (Wildman–Crippen MR) is 138 cm³/mol. The molecule has 0 spiro atoms. The quantitative estimate of drug-likeness (QED) is 0.380. The SMILES string of the molecule is CO[C@]12C[C@]3(C)OC(O1)[C@]1(COC(=O)c4ccccc4)[C@@H]2C[C@@]31O[C@@H]1O[C@H](OC(=O)c2ccccc2)[C@@H](O)[C@H](O)[C@H]1O. The molecule has 224 valence electrons. The molecule has 3 aliphatic carbocycles. The zero-order valence-electron chi connectivity index (χ0n) is 23.0. The van der Waals surface area contributed by atoms with Gasteiger partial charge in [0.1, 0.15) is 36.1 Å². The fourth-order valence-electron chi connectivity index (χ4n) is 7.70. The summed E-state index contributed by atoms with van der Waals surface area (Å²) in [5.74, 6) is -2.61. The molecular weight excluding hydrogens is 552 g/mol. The third-order valence-electron chi connectivity index (χ3n) is 9.80. The van der Waals surface area contributed by atoms with E-state index in [0.717, 1.165) is 0 Å². The Balaban J connectivity index is 1.17. The van der Waals surface area contributed by atoms with Crippen LogP contribution in [0.5, 0.6) is 0 Å². The maximum Gasteiger partial charge on any atom is 0.340 e. The molecule has 12 nitrogen and oxygen atoms in total. The molecule has 42 heavy (non-hydrogen) atoms. The standard InChI is InChI=1S/C30H32O12/c1-27-14-29(36-2)18-13-30(27,28(18,26(41-27)42-29)15-37-22(34)16-9-5-3-6-10-16)40-25-21(33)19(31)20(32)24(39-25)38-23(35)17-11-7-4-8-12-17/h3-12,18-21,24-26,31-33H,13-15H2,1-2H3/t18-,19-,20-,21+,24-,25-,26?,27-,28-,29+,30+/m0/s1. The van der Waals surface area contributed by atoms with Gasteiger partial charge in [-0.1, -0.05) is 36.4 Å². The van der Waals surface area contributed by atoms with Gasteiger partial charge in [0.15, 0.2) is 18.4 Å². The second kappa shape index (κ2) is 9.53. The average Bonchev–Trinajstić information content (AvgIpc) is 3.21. The first-order valence-corrected chi connectivity index (χ1v) is 13.9. The molecule has 0 amide bonds. The minimum absolute atomic E-state index is 0.142. The number of ether oxygens (including phenoxy) is 7. The van der Waals surface area contributed by atoms with Gasteiger partial charge >= 0.3 is 11.9 Å². The number of hydrogen-bond donors (Lipinski definition) is 3. The van der Waals surface area contributed by atoms with Gasteiger partial charge in [0.25, 0.3) is 0 Å². The van der Waals surface area contributed by atoms with Crippen molar-refractivity contribution in [3.8, 4) is 0 Å². The van der Waals surface area contributed by atoms with E-state index < -0.39 is 71.5 Å². The van der Waals surface area contributed by atoms with Crippen LogP contribution in [0.25, 0.3) is 0 Å². The number of benzene rings is 2. The summed E-state index contributed by atoms with van der Waals surface area (Å²) >= 11 is 0. The zero-order valence-corrected chi connectivity index (χ0v) is 23.0. The van der Waals surface area contributed by atoms with Crippen molar-refractivity contribution in [3.05, 3.63) is 71.8 Å². The number of carbonyl (C=O) groups excluding carboxylic acids is 2. The molecule has 7 fully saturated rings. The molecule has 12 heteroatoms. The first-order chi connectivity index (χ1) is 20.1. The molecule has 1 unspecified atom stereocenters. The number of aliphatic hydroxyl groups is 3. The average molecular weight is 585 g/mol. The second-order valence-electron chi connectivity index (χ2n) is 11.8. The Hall–Kier alpha value is -2.94. The van der Waals surface area contributed by atoms with Crippen LogP contribution in [0.3, 0.4) is 0 Å². The topological polar surface area (TPSA) is 159 Å². The molecule has 3 saturated carbocycles. The van der Waals surface area contributed by atoms with Crippen LogP contribution in [-0.4, -0.2) is 95.1 Å². The lowest BCUT2D eigenvalue weighted by molar-refractivity contribution is -0.434. The van der Waals surface area contributed by atoms with Crippen molar-refractivity contribution in [2.24, 2.45) is 11.3 Å². The highest BCUT2D eigenvalue weighted by Crippen LogP contribution is 2.82. The van der Waals surface area contributed by atoms with Crippen LogP contribution < -0.4 is 0 Å². The predicted octanol–water partition coefficient (Wildman–Crippen LogP) is 1.12. The highest BCUT2D eigenvalue weighted by molar-refractivity contribution is 5.89. The van der Waals surface area contributed by atoms with Crippen molar-refractivity contribution in [2.45, 2.75) is 73.9 Å². The van der Waals surface area contributed by atoms with Gasteiger partial charge in [0, 0.05) is 19.4 Å². The first-order valence-electron chi connectivity index (χ1n) is 13.9. The highest BCUT2D eigenvalue weighted by atomic mass is 16.8. The Morgan fingerprint density at radius 3 is 2.14 bits per heavy atom. The molecule has 0 aromatic heterocycles. The summed E-state index contributed by atoms with van der Waals surface area (Å²) in [6.07, 6.45) is -8.64. The summed E-state index contributed by atoms with van der Waals surface area (Å²) in [5, 5.41) is 32.3. The number of carbonyl (C=O) groups is 2. The van der Waals surface area contributed by atoms with Crippen molar-refractivity contribution in [2.75, 3.05) is 13.7 Å². The van der Waals surface area contributed by atoms with E-state index in [2.05, 4.69) is 0 Å². The van der Waals surface area contributed by atoms with Crippen LogP contribution in [0.15, 0.2) is 60.7 Å². The minimum atomic E-state index is -1.76. The summed E-state index contributed by atoms with van der Waals surface area (Å²) in [4.78, 5) is 25.7. The molecule has 0 radical (unpaired) electrons. The third-order valence-corrected chi connectivity index (χ3v) is 9.80. The van der Waals surface area contributed by atoms with Crippen LogP contribution in [0.2, 0.25) is 0 Å². The van der Waals surface area contributed by atoms with Gasteiger partial charge in [0.05, 0.1) is 16.5 Å². The van der Waals surface area contributed by atoms with Crippen LogP contribution in [0, 0.1) is 11.3 Å². The number of aliphatic hydroxyl groups excluding tert-OH is 3. The van der Waals surface area contributed by atoms with E-state index >= 15 is 0 Å². The van der Waals surface area contributed by atoms with E-state index in [-0.39, 0.29) is 24.5 Å². The van der Waals surface area contributed by atoms with Gasteiger partial charge in [0.2, 0.25) is 6.29 Å². The van der Waals surface area contributed by atoms with E-state index in [1.165, 1.54) is 12.1 Å². The molecule has 2 aromatic carbocycles. The number of hydrogen-bond acceptors (Lipinski definition) is 12. The lowest BCUT2D eigenvalue weighted by Gasteiger charge is -2.68. The van der Waals surface area contributed by atoms with Crippen LogP contribution >= 0.6 is 0 Å². The van der Waals surface area contributed by atoms with Crippen molar-refractivity contribution in [1.82, 2.24) is 0 Å². The monoisotopic (exact) mass is 584 g/mol. The Morgan fingerprint density at radius 2 is 1.50 bits per heavy atom. The molecule has 4 saturated heterocycles. The van der Waals surface area contributed by atoms with E-state index in [1.54, 1.807) is 55.6 Å². The van der Waals surface area contributed by atoms with Crippen molar-refractivity contribution in [1.29, 1.82) is 0 Å². The van der Waals surface area contributed by atoms with Crippen molar-refractivity contribution >= 4 is 11.9 Å². The Bertz CT molecular complexity index is 1370. The van der Waals surface area contributed by atoms with E-state index in [1.807, 2.05) is 6.92 Å². The minimum Gasteiger partial charge on any atom is -0.461 e. The van der Waals surface area contributed by atoms with Crippen molar-refractivity contribution < 1.29 is 58.1 Å². The first kappa shape index (κ1) is 27.9. The van der Waals surface area contributed by atoms with Gasteiger partial charge < -0.3 is 48.5 Å². The summed E-state index contributed by atoms with van der Waals surface area (Å²) < 4.78 is 42.1. The third kappa shape index (κ3) is 3.58. The van der Waals surface area contributed by atoms with Gasteiger partial charge in [-0.15, -0.1) is 0 Å². The highest BCUT2D eigenvalue weighted by Gasteiger charge is 2.95. The second-order valence-corrected chi connectivity index (χ2v) is 11.8. The molecule has 11 atom stereocenters. The largest absolute Gasteiger partial charge is 0.461 e. The number of rotatable bonds is 8. The van der Waals surface area contributed by atoms with Gasteiger partial charge in [-0.25, -0.2) is 9.59 Å². The fraction of sp³-hybridized carbons (Fsp3) is 0.533. The zero-order chi connectivity index (χ0) is 29.5. The van der Waals surface area contributed by atoms with E-state index in [4.69, 9.17) is 33.2 Å². The molecule has 7 aliphatic rings. The van der Waals surface area contributed by atoms with Crippen LogP contribution in [0.1, 0.15) is 40.5 Å². The van der Waals surface area contributed by atoms with Crippen LogP contribution in [0.4, 0.5) is 0 Å². The Labute approximate surface area is 241 Å². The number of methoxy groups -OCH3 is 1. The molecule has 3 N–H and O–H groups in total. The summed E-state index contributed by atoms with van der Waals surface area (Å²) in [6.45, 7) is 1.69. The maximum atomic E-state index is 13.0. The molecule has 6 bridgehead atoms. The van der Waals surface area contributed by atoms with Crippen molar-refractivity contribution in [3.63, 3.8) is 0 Å². The smallest absolute Gasteiger partial charge is 0.340 e. The van der Waals surface area contributed by atoms with Gasteiger partial charge in [-0.2, -0.15) is 0 Å². The summed E-state index contributed by atoms with van der Waals surface area (Å²) in [5.41, 5.74) is -2.71. The fourth-order valence-corrected chi connectivity index (χ4v) is 7.70. The molecule has 2 aromatic rings. The number of esters is 2. The van der Waals surface area contributed by atoms with E-state index in [0.29, 0.717) is 12.0 Å². The van der Waals surface area contributed by atoms with E-state index in [9.17, 15) is 24.9 Å². The summed E-state index contributed by atoms with van der Waals surface area (Å²) in [6, 6.07) is 16.6. The lowest BCUT2D eigenvalue weighted by atomic mass is 9.41. The molecule has 4 aliphatic heterocycles. The van der Waals surface area contributed by atoms with Gasteiger partial charge in [-0.3, -0.25) is 0 Å². The molecule has 4 heterocycles. The maximum absolute atomic E-state index is 13.0. The normalized spacial score (nSPS) is 44.5. The van der Waals surface area contributed by atoms with Gasteiger partial charge in [-0.05, 0) is 37.6 Å².